The number of nitrogens with two attached hydrogens (primary N) is 2. The van der Waals surface area contributed by atoms with Crippen molar-refractivity contribution in [1.29, 1.82) is 0 Å². The third-order valence-electron chi connectivity index (χ3n) is 4.83. The average Bonchev–Trinajstić information content (AvgIpc) is 3.15. The fourth-order valence-corrected chi connectivity index (χ4v) is 3.86. The van der Waals surface area contributed by atoms with Crippen LogP contribution in [0.25, 0.3) is 0 Å². The summed E-state index contributed by atoms with van der Waals surface area (Å²) in [6.45, 7) is 3.81. The number of aryl methyl sites for hydroxylation is 1. The predicted molar refractivity (Wildman–Crippen MR) is 121 cm³/mol. The summed E-state index contributed by atoms with van der Waals surface area (Å²) in [5.41, 5.74) is 13.3. The monoisotopic (exact) mass is 437 g/mol. The Labute approximate surface area is 184 Å². The number of anilines is 2. The zero-order valence-corrected chi connectivity index (χ0v) is 18.0. The minimum absolute atomic E-state index is 0.0553. The third-order valence-corrected chi connectivity index (χ3v) is 5.68. The lowest BCUT2D eigenvalue weighted by Gasteiger charge is -2.29. The van der Waals surface area contributed by atoms with Crippen molar-refractivity contribution in [2.75, 3.05) is 10.6 Å². The van der Waals surface area contributed by atoms with Crippen LogP contribution < -0.4 is 21.7 Å². The van der Waals surface area contributed by atoms with E-state index in [0.29, 0.717) is 12.2 Å². The second-order valence-electron chi connectivity index (χ2n) is 6.98. The number of primary amides is 1. The van der Waals surface area contributed by atoms with E-state index in [2.05, 4.69) is 9.69 Å². The molecule has 5 N–H and O–H groups in total. The van der Waals surface area contributed by atoms with Gasteiger partial charge in [-0.15, -0.1) is 0 Å². The molecule has 0 radical (unpaired) electrons. The van der Waals surface area contributed by atoms with Crippen LogP contribution in [0.2, 0.25) is 0 Å². The van der Waals surface area contributed by atoms with Crippen LogP contribution in [0.4, 0.5) is 11.4 Å². The summed E-state index contributed by atoms with van der Waals surface area (Å²) < 4.78 is 3.91. The van der Waals surface area contributed by atoms with Gasteiger partial charge in [0.15, 0.2) is 5.69 Å². The largest absolute Gasteiger partial charge is 0.395 e. The standard InChI is InChI=1S/C22H23N5O3S/c1-13-8-6-7-11-16(13)27(22(30)19-17(23)18(20(24)28)26-31-19)14(2)21(29)25-12-15-9-4-3-5-10-15/h3-11,14H,12,23H2,1-2H3,(H2,24,28)(H,25,29). The van der Waals surface area contributed by atoms with Crippen LogP contribution in [0.3, 0.4) is 0 Å². The van der Waals surface area contributed by atoms with Gasteiger partial charge < -0.3 is 16.8 Å². The summed E-state index contributed by atoms with van der Waals surface area (Å²) in [4.78, 5) is 39.3. The molecular formula is C22H23N5O3S. The first kappa shape index (κ1) is 22.0. The molecule has 9 heteroatoms. The minimum Gasteiger partial charge on any atom is -0.395 e. The number of amides is 3. The predicted octanol–water partition coefficient (Wildman–Crippen LogP) is 2.48. The number of hydrogen-bond acceptors (Lipinski definition) is 6. The first-order valence-electron chi connectivity index (χ1n) is 9.57. The maximum absolute atomic E-state index is 13.5. The van der Waals surface area contributed by atoms with Gasteiger partial charge in [-0.1, -0.05) is 48.5 Å². The van der Waals surface area contributed by atoms with Gasteiger partial charge in [-0.2, -0.15) is 4.37 Å². The van der Waals surface area contributed by atoms with E-state index in [0.717, 1.165) is 22.7 Å². The SMILES string of the molecule is Cc1ccccc1N(C(=O)c1snc(C(N)=O)c1N)C(C)C(=O)NCc1ccccc1. The number of rotatable bonds is 7. The second kappa shape index (κ2) is 9.40. The van der Waals surface area contributed by atoms with Crippen molar-refractivity contribution in [3.63, 3.8) is 0 Å². The molecule has 8 nitrogen and oxygen atoms in total. The van der Waals surface area contributed by atoms with Crippen molar-refractivity contribution in [3.8, 4) is 0 Å². The van der Waals surface area contributed by atoms with Crippen LogP contribution >= 0.6 is 11.5 Å². The number of aromatic nitrogens is 1. The van der Waals surface area contributed by atoms with Crippen molar-refractivity contribution < 1.29 is 14.4 Å². The van der Waals surface area contributed by atoms with Gasteiger partial charge in [-0.05, 0) is 42.6 Å². The molecule has 0 bridgehead atoms. The quantitative estimate of drug-likeness (QED) is 0.522. The van der Waals surface area contributed by atoms with Gasteiger partial charge in [0.05, 0.1) is 5.69 Å². The van der Waals surface area contributed by atoms with Gasteiger partial charge in [-0.3, -0.25) is 19.3 Å². The van der Waals surface area contributed by atoms with Crippen LogP contribution in [0.1, 0.15) is 38.2 Å². The molecule has 0 aliphatic carbocycles. The lowest BCUT2D eigenvalue weighted by molar-refractivity contribution is -0.122. The summed E-state index contributed by atoms with van der Waals surface area (Å²) in [5.74, 6) is -1.68. The molecule has 0 saturated carbocycles. The second-order valence-corrected chi connectivity index (χ2v) is 7.75. The molecule has 1 aromatic heterocycles. The van der Waals surface area contributed by atoms with Gasteiger partial charge in [0, 0.05) is 12.2 Å². The van der Waals surface area contributed by atoms with Crippen LogP contribution in [-0.4, -0.2) is 28.1 Å². The summed E-state index contributed by atoms with van der Waals surface area (Å²) in [7, 11) is 0. The molecule has 1 atom stereocenters. The fourth-order valence-electron chi connectivity index (χ4n) is 3.12. The van der Waals surface area contributed by atoms with Crippen LogP contribution in [0.15, 0.2) is 54.6 Å². The smallest absolute Gasteiger partial charge is 0.272 e. The molecule has 160 valence electrons. The molecule has 1 unspecified atom stereocenters. The Balaban J connectivity index is 1.93. The summed E-state index contributed by atoms with van der Waals surface area (Å²) in [5, 5.41) is 2.86. The molecule has 3 aromatic rings. The lowest BCUT2D eigenvalue weighted by Crippen LogP contribution is -2.48. The molecule has 0 fully saturated rings. The van der Waals surface area contributed by atoms with Gasteiger partial charge >= 0.3 is 0 Å². The third kappa shape index (κ3) is 4.72. The maximum Gasteiger partial charge on any atom is 0.272 e. The first-order chi connectivity index (χ1) is 14.8. The molecule has 0 aliphatic rings. The highest BCUT2D eigenvalue weighted by atomic mass is 32.1. The minimum atomic E-state index is -0.851. The zero-order valence-electron chi connectivity index (χ0n) is 17.2. The van der Waals surface area contributed by atoms with E-state index >= 15 is 0 Å². The number of nitrogen functional groups attached to an aromatic ring is 1. The van der Waals surface area contributed by atoms with Crippen molar-refractivity contribution in [2.45, 2.75) is 26.4 Å². The Hall–Kier alpha value is -3.72. The summed E-state index contributed by atoms with van der Waals surface area (Å²) in [6, 6.07) is 15.8. The molecule has 3 rings (SSSR count). The lowest BCUT2D eigenvalue weighted by atomic mass is 10.1. The van der Waals surface area contributed by atoms with E-state index in [4.69, 9.17) is 11.5 Å². The number of nitrogens with zero attached hydrogens (tertiary/aromatic N) is 2. The first-order valence-corrected chi connectivity index (χ1v) is 10.3. The van der Waals surface area contributed by atoms with E-state index in [9.17, 15) is 14.4 Å². The Kier molecular flexibility index (Phi) is 6.66. The van der Waals surface area contributed by atoms with Gasteiger partial charge in [0.25, 0.3) is 11.8 Å². The van der Waals surface area contributed by atoms with Crippen LogP contribution in [-0.2, 0) is 11.3 Å². The van der Waals surface area contributed by atoms with Crippen LogP contribution in [0, 0.1) is 6.92 Å². The Morgan fingerprint density at radius 3 is 2.35 bits per heavy atom. The van der Waals surface area contributed by atoms with E-state index in [1.54, 1.807) is 19.1 Å². The van der Waals surface area contributed by atoms with Gasteiger partial charge in [0.2, 0.25) is 5.91 Å². The number of carbonyl (C=O) groups excluding carboxylic acids is 3. The molecule has 2 aromatic carbocycles. The average molecular weight is 438 g/mol. The summed E-state index contributed by atoms with van der Waals surface area (Å²) >= 11 is 0.782. The Morgan fingerprint density at radius 1 is 1.10 bits per heavy atom. The topological polar surface area (TPSA) is 131 Å². The van der Waals surface area contributed by atoms with Gasteiger partial charge in [0.1, 0.15) is 10.9 Å². The van der Waals surface area contributed by atoms with E-state index in [-0.39, 0.29) is 22.2 Å². The number of para-hydroxylation sites is 1. The highest BCUT2D eigenvalue weighted by Crippen LogP contribution is 2.29. The zero-order chi connectivity index (χ0) is 22.5. The normalized spacial score (nSPS) is 11.5. The van der Waals surface area contributed by atoms with Crippen LogP contribution in [0.5, 0.6) is 0 Å². The summed E-state index contributed by atoms with van der Waals surface area (Å²) in [6.07, 6.45) is 0. The number of hydrogen-bond donors (Lipinski definition) is 3. The maximum atomic E-state index is 13.5. The molecule has 31 heavy (non-hydrogen) atoms. The molecule has 1 heterocycles. The van der Waals surface area contributed by atoms with Crippen molar-refractivity contribution >= 4 is 40.6 Å². The Morgan fingerprint density at radius 2 is 1.74 bits per heavy atom. The van der Waals surface area contributed by atoms with Crippen molar-refractivity contribution in [3.05, 3.63) is 76.3 Å². The molecule has 3 amide bonds. The highest BCUT2D eigenvalue weighted by molar-refractivity contribution is 7.09. The molecule has 0 spiro atoms. The van der Waals surface area contributed by atoms with Crippen molar-refractivity contribution in [1.82, 2.24) is 9.69 Å². The Bertz CT molecular complexity index is 1110. The highest BCUT2D eigenvalue weighted by Gasteiger charge is 2.32. The number of nitrogens with one attached hydrogen (secondary N) is 1. The number of carbonyl (C=O) groups is 3. The van der Waals surface area contributed by atoms with E-state index < -0.39 is 17.9 Å². The molecule has 0 saturated heterocycles. The van der Waals surface area contributed by atoms with Gasteiger partial charge in [-0.25, -0.2) is 0 Å². The number of benzene rings is 2. The van der Waals surface area contributed by atoms with Crippen molar-refractivity contribution in [2.24, 2.45) is 5.73 Å². The van der Waals surface area contributed by atoms with E-state index in [1.807, 2.05) is 49.4 Å². The van der Waals surface area contributed by atoms with E-state index in [1.165, 1.54) is 4.90 Å². The fraction of sp³-hybridized carbons (Fsp3) is 0.182. The molecule has 0 aliphatic heterocycles. The molecular weight excluding hydrogens is 414 g/mol.